The van der Waals surface area contributed by atoms with Crippen molar-refractivity contribution in [2.24, 2.45) is 0 Å². The van der Waals surface area contributed by atoms with E-state index in [9.17, 15) is 0 Å². The highest BCUT2D eigenvalue weighted by Gasteiger charge is 2.13. The molecule has 1 heteroatoms. The van der Waals surface area contributed by atoms with Gasteiger partial charge in [0.2, 0.25) is 0 Å². The van der Waals surface area contributed by atoms with E-state index in [0.717, 1.165) is 12.8 Å². The molecule has 0 heterocycles. The van der Waals surface area contributed by atoms with Crippen molar-refractivity contribution in [2.75, 3.05) is 7.11 Å². The van der Waals surface area contributed by atoms with Gasteiger partial charge >= 0.3 is 0 Å². The van der Waals surface area contributed by atoms with Crippen LogP contribution in [0.5, 0.6) is 0 Å². The van der Waals surface area contributed by atoms with Crippen LogP contribution in [-0.4, -0.2) is 12.7 Å². The standard InChI is InChI=1S/C8H16O/c1-5-6-7-8(2,3)9-4/h5H,1,6-7H2,2-4H3. The normalized spacial score (nSPS) is 11.4. The third-order valence-electron chi connectivity index (χ3n) is 1.50. The Labute approximate surface area is 57.7 Å². The summed E-state index contributed by atoms with van der Waals surface area (Å²) in [6.07, 6.45) is 3.99. The molecule has 0 saturated carbocycles. The van der Waals surface area contributed by atoms with Gasteiger partial charge in [0, 0.05) is 7.11 Å². The molecule has 0 spiro atoms. The summed E-state index contributed by atoms with van der Waals surface area (Å²) in [5.74, 6) is 0. The Bertz CT molecular complexity index is 84.6. The van der Waals surface area contributed by atoms with E-state index in [0.29, 0.717) is 0 Å². The fourth-order valence-electron chi connectivity index (χ4n) is 0.552. The van der Waals surface area contributed by atoms with Crippen LogP contribution in [0.2, 0.25) is 0 Å². The maximum atomic E-state index is 5.19. The number of hydrogen-bond acceptors (Lipinski definition) is 1. The molecule has 0 rings (SSSR count). The quantitative estimate of drug-likeness (QED) is 0.528. The zero-order valence-electron chi connectivity index (χ0n) is 6.61. The number of ether oxygens (including phenoxy) is 1. The lowest BCUT2D eigenvalue weighted by molar-refractivity contribution is 0.0163. The Balaban J connectivity index is 3.44. The van der Waals surface area contributed by atoms with Crippen LogP contribution in [0, 0.1) is 0 Å². The van der Waals surface area contributed by atoms with E-state index in [-0.39, 0.29) is 5.60 Å². The first-order valence-electron chi connectivity index (χ1n) is 3.28. The van der Waals surface area contributed by atoms with Crippen molar-refractivity contribution >= 4 is 0 Å². The van der Waals surface area contributed by atoms with E-state index >= 15 is 0 Å². The van der Waals surface area contributed by atoms with E-state index in [1.807, 2.05) is 6.08 Å². The molecular formula is C8H16O. The van der Waals surface area contributed by atoms with Gasteiger partial charge in [0.05, 0.1) is 5.60 Å². The molecule has 0 aliphatic heterocycles. The molecule has 0 N–H and O–H groups in total. The molecule has 0 radical (unpaired) electrons. The highest BCUT2D eigenvalue weighted by molar-refractivity contribution is 4.74. The summed E-state index contributed by atoms with van der Waals surface area (Å²) in [6.45, 7) is 7.80. The lowest BCUT2D eigenvalue weighted by Crippen LogP contribution is -2.21. The first-order valence-corrected chi connectivity index (χ1v) is 3.28. The zero-order valence-corrected chi connectivity index (χ0v) is 6.61. The molecule has 0 amide bonds. The van der Waals surface area contributed by atoms with Crippen molar-refractivity contribution in [2.45, 2.75) is 32.3 Å². The van der Waals surface area contributed by atoms with Gasteiger partial charge in [-0.1, -0.05) is 6.08 Å². The molecule has 0 fully saturated rings. The summed E-state index contributed by atoms with van der Waals surface area (Å²) in [5.41, 5.74) is 0.0220. The molecule has 0 unspecified atom stereocenters. The second kappa shape index (κ2) is 3.67. The fraction of sp³-hybridized carbons (Fsp3) is 0.750. The van der Waals surface area contributed by atoms with Gasteiger partial charge in [-0.05, 0) is 26.7 Å². The summed E-state index contributed by atoms with van der Waals surface area (Å²) in [5, 5.41) is 0. The Morgan fingerprint density at radius 2 is 2.11 bits per heavy atom. The second-order valence-electron chi connectivity index (χ2n) is 2.79. The maximum Gasteiger partial charge on any atom is 0.0625 e. The molecule has 0 aromatic heterocycles. The molecule has 0 aliphatic rings. The lowest BCUT2D eigenvalue weighted by Gasteiger charge is -2.21. The SMILES string of the molecule is C=CCCC(C)(C)OC. The number of hydrogen-bond donors (Lipinski definition) is 0. The highest BCUT2D eigenvalue weighted by Crippen LogP contribution is 2.14. The van der Waals surface area contributed by atoms with Crippen LogP contribution in [0.25, 0.3) is 0 Å². The minimum absolute atomic E-state index is 0.0220. The summed E-state index contributed by atoms with van der Waals surface area (Å²) >= 11 is 0. The summed E-state index contributed by atoms with van der Waals surface area (Å²) in [4.78, 5) is 0. The Kier molecular flexibility index (Phi) is 3.55. The van der Waals surface area contributed by atoms with Crippen LogP contribution in [0.15, 0.2) is 12.7 Å². The maximum absolute atomic E-state index is 5.19. The molecule has 0 aliphatic carbocycles. The Morgan fingerprint density at radius 1 is 1.56 bits per heavy atom. The van der Waals surface area contributed by atoms with Crippen LogP contribution in [-0.2, 0) is 4.74 Å². The Morgan fingerprint density at radius 3 is 2.44 bits per heavy atom. The van der Waals surface area contributed by atoms with Crippen LogP contribution >= 0.6 is 0 Å². The average Bonchev–Trinajstić information content (AvgIpc) is 1.84. The van der Waals surface area contributed by atoms with Crippen LogP contribution in [0.4, 0.5) is 0 Å². The van der Waals surface area contributed by atoms with Crippen molar-refractivity contribution in [3.8, 4) is 0 Å². The van der Waals surface area contributed by atoms with Gasteiger partial charge in [-0.15, -0.1) is 6.58 Å². The Hall–Kier alpha value is -0.300. The molecule has 0 aromatic rings. The predicted octanol–water partition coefficient (Wildman–Crippen LogP) is 2.38. The average molecular weight is 128 g/mol. The summed E-state index contributed by atoms with van der Waals surface area (Å²) in [7, 11) is 1.74. The molecular weight excluding hydrogens is 112 g/mol. The molecule has 54 valence electrons. The zero-order chi connectivity index (χ0) is 7.33. The molecule has 1 nitrogen and oxygen atoms in total. The summed E-state index contributed by atoms with van der Waals surface area (Å²) < 4.78 is 5.19. The van der Waals surface area contributed by atoms with Crippen molar-refractivity contribution in [1.82, 2.24) is 0 Å². The van der Waals surface area contributed by atoms with E-state index in [1.54, 1.807) is 7.11 Å². The van der Waals surface area contributed by atoms with Crippen molar-refractivity contribution in [3.63, 3.8) is 0 Å². The van der Waals surface area contributed by atoms with Crippen molar-refractivity contribution in [3.05, 3.63) is 12.7 Å². The minimum Gasteiger partial charge on any atom is -0.379 e. The van der Waals surface area contributed by atoms with Gasteiger partial charge < -0.3 is 4.74 Å². The number of rotatable bonds is 4. The monoisotopic (exact) mass is 128 g/mol. The van der Waals surface area contributed by atoms with Gasteiger partial charge in [0.25, 0.3) is 0 Å². The van der Waals surface area contributed by atoms with Gasteiger partial charge in [0.15, 0.2) is 0 Å². The fourth-order valence-corrected chi connectivity index (χ4v) is 0.552. The topological polar surface area (TPSA) is 9.23 Å². The second-order valence-corrected chi connectivity index (χ2v) is 2.79. The van der Waals surface area contributed by atoms with E-state index in [1.165, 1.54) is 0 Å². The smallest absolute Gasteiger partial charge is 0.0625 e. The van der Waals surface area contributed by atoms with Crippen molar-refractivity contribution < 1.29 is 4.74 Å². The minimum atomic E-state index is 0.0220. The third-order valence-corrected chi connectivity index (χ3v) is 1.50. The summed E-state index contributed by atoms with van der Waals surface area (Å²) in [6, 6.07) is 0. The predicted molar refractivity (Wildman–Crippen MR) is 40.5 cm³/mol. The van der Waals surface area contributed by atoms with Gasteiger partial charge in [0.1, 0.15) is 0 Å². The van der Waals surface area contributed by atoms with E-state index in [2.05, 4.69) is 20.4 Å². The molecule has 0 bridgehead atoms. The third kappa shape index (κ3) is 4.22. The van der Waals surface area contributed by atoms with Crippen LogP contribution in [0.3, 0.4) is 0 Å². The largest absolute Gasteiger partial charge is 0.379 e. The van der Waals surface area contributed by atoms with Crippen molar-refractivity contribution in [1.29, 1.82) is 0 Å². The highest BCUT2D eigenvalue weighted by atomic mass is 16.5. The number of allylic oxidation sites excluding steroid dienone is 1. The molecule has 9 heavy (non-hydrogen) atoms. The van der Waals surface area contributed by atoms with Crippen LogP contribution in [0.1, 0.15) is 26.7 Å². The molecule has 0 atom stereocenters. The van der Waals surface area contributed by atoms with Gasteiger partial charge in [-0.25, -0.2) is 0 Å². The molecule has 0 saturated heterocycles. The van der Waals surface area contributed by atoms with E-state index < -0.39 is 0 Å². The first-order chi connectivity index (χ1) is 4.12. The first kappa shape index (κ1) is 8.70. The van der Waals surface area contributed by atoms with Gasteiger partial charge in [-0.3, -0.25) is 0 Å². The molecule has 0 aromatic carbocycles. The van der Waals surface area contributed by atoms with Gasteiger partial charge in [-0.2, -0.15) is 0 Å². The number of methoxy groups -OCH3 is 1. The van der Waals surface area contributed by atoms with Crippen LogP contribution < -0.4 is 0 Å². The lowest BCUT2D eigenvalue weighted by atomic mass is 10.0. The van der Waals surface area contributed by atoms with E-state index in [4.69, 9.17) is 4.74 Å².